The summed E-state index contributed by atoms with van der Waals surface area (Å²) in [6.45, 7) is 7.67. The summed E-state index contributed by atoms with van der Waals surface area (Å²) in [5.74, 6) is 0.538. The van der Waals surface area contributed by atoms with Crippen molar-refractivity contribution in [2.24, 2.45) is 11.3 Å². The van der Waals surface area contributed by atoms with Gasteiger partial charge in [0, 0.05) is 11.0 Å². The van der Waals surface area contributed by atoms with Crippen LogP contribution in [0.15, 0.2) is 22.7 Å². The van der Waals surface area contributed by atoms with Crippen LogP contribution >= 0.6 is 15.9 Å². The molecular formula is C20H27BrN2O2. The summed E-state index contributed by atoms with van der Waals surface area (Å²) in [5, 5.41) is 3.20. The highest BCUT2D eigenvalue weighted by molar-refractivity contribution is 9.10. The van der Waals surface area contributed by atoms with Crippen molar-refractivity contribution in [2.45, 2.75) is 51.7 Å². The van der Waals surface area contributed by atoms with Crippen molar-refractivity contribution in [3.05, 3.63) is 33.8 Å². The monoisotopic (exact) mass is 406 g/mol. The third-order valence-corrected chi connectivity index (χ3v) is 6.85. The Morgan fingerprint density at radius 2 is 2.08 bits per heavy atom. The summed E-state index contributed by atoms with van der Waals surface area (Å²) >= 11 is 3.57. The summed E-state index contributed by atoms with van der Waals surface area (Å²) in [6, 6.07) is 6.39. The first-order valence-corrected chi connectivity index (χ1v) is 10.2. The normalized spacial score (nSPS) is 32.8. The molecule has 1 aromatic rings. The van der Waals surface area contributed by atoms with Crippen LogP contribution in [0.2, 0.25) is 0 Å². The van der Waals surface area contributed by atoms with Gasteiger partial charge in [-0.1, -0.05) is 35.8 Å². The SMILES string of the molecule is CC1(C)CCc2ccc(Br)cc2C1NC(=O)O[C@@H]1CN2CCC1CC2. The second-order valence-corrected chi connectivity index (χ2v) is 9.41. The Kier molecular flexibility index (Phi) is 4.57. The van der Waals surface area contributed by atoms with E-state index < -0.39 is 0 Å². The van der Waals surface area contributed by atoms with Crippen LogP contribution in [0.5, 0.6) is 0 Å². The van der Waals surface area contributed by atoms with Crippen LogP contribution in [-0.4, -0.2) is 36.7 Å². The number of benzene rings is 1. The third-order valence-electron chi connectivity index (χ3n) is 6.36. The first-order valence-electron chi connectivity index (χ1n) is 9.40. The lowest BCUT2D eigenvalue weighted by molar-refractivity contribution is -0.0353. The lowest BCUT2D eigenvalue weighted by Crippen LogP contribution is -2.53. The lowest BCUT2D eigenvalue weighted by Gasteiger charge is -2.44. The largest absolute Gasteiger partial charge is 0.445 e. The maximum absolute atomic E-state index is 12.7. The molecule has 0 saturated carbocycles. The first-order chi connectivity index (χ1) is 11.9. The van der Waals surface area contributed by atoms with Crippen LogP contribution in [0.3, 0.4) is 0 Å². The van der Waals surface area contributed by atoms with Gasteiger partial charge in [-0.25, -0.2) is 4.79 Å². The summed E-state index contributed by atoms with van der Waals surface area (Å²) in [7, 11) is 0. The van der Waals surface area contributed by atoms with Crippen LogP contribution < -0.4 is 5.32 Å². The zero-order chi connectivity index (χ0) is 17.6. The smallest absolute Gasteiger partial charge is 0.407 e. The van der Waals surface area contributed by atoms with Gasteiger partial charge in [0.05, 0.1) is 6.04 Å². The molecule has 5 rings (SSSR count). The fraction of sp³-hybridized carbons (Fsp3) is 0.650. The molecule has 0 aromatic heterocycles. The van der Waals surface area contributed by atoms with E-state index in [1.807, 2.05) is 0 Å². The third kappa shape index (κ3) is 3.45. The summed E-state index contributed by atoms with van der Waals surface area (Å²) in [4.78, 5) is 15.1. The highest BCUT2D eigenvalue weighted by Gasteiger charge is 2.40. The van der Waals surface area contributed by atoms with Gasteiger partial charge in [-0.15, -0.1) is 0 Å². The Hall–Kier alpha value is -1.07. The van der Waals surface area contributed by atoms with Crippen molar-refractivity contribution < 1.29 is 9.53 Å². The molecule has 1 aromatic carbocycles. The molecule has 0 radical (unpaired) electrons. The van der Waals surface area contributed by atoms with E-state index in [2.05, 4.69) is 58.2 Å². The van der Waals surface area contributed by atoms with Gasteiger partial charge in [-0.2, -0.15) is 0 Å². The van der Waals surface area contributed by atoms with E-state index in [0.717, 1.165) is 49.8 Å². The number of rotatable bonds is 2. The number of carbonyl (C=O) groups is 1. The fourth-order valence-corrected chi connectivity index (χ4v) is 5.07. The zero-order valence-electron chi connectivity index (χ0n) is 15.1. The van der Waals surface area contributed by atoms with Crippen LogP contribution in [-0.2, 0) is 11.2 Å². The lowest BCUT2D eigenvalue weighted by atomic mass is 9.70. The van der Waals surface area contributed by atoms with E-state index in [1.54, 1.807) is 0 Å². The average molecular weight is 407 g/mol. The summed E-state index contributed by atoms with van der Waals surface area (Å²) < 4.78 is 6.92. The highest BCUT2D eigenvalue weighted by Crippen LogP contribution is 2.44. The number of fused-ring (bicyclic) bond motifs is 4. The van der Waals surface area contributed by atoms with E-state index in [1.165, 1.54) is 11.1 Å². The molecule has 3 fully saturated rings. The number of ether oxygens (including phenoxy) is 1. The first kappa shape index (κ1) is 17.3. The molecule has 4 aliphatic rings. The van der Waals surface area contributed by atoms with Gasteiger partial charge >= 0.3 is 6.09 Å². The molecule has 3 heterocycles. The van der Waals surface area contributed by atoms with Gasteiger partial charge in [-0.05, 0) is 73.4 Å². The molecule has 3 saturated heterocycles. The second kappa shape index (κ2) is 6.58. The molecule has 0 spiro atoms. The van der Waals surface area contributed by atoms with Crippen LogP contribution in [0.25, 0.3) is 0 Å². The van der Waals surface area contributed by atoms with E-state index in [0.29, 0.717) is 5.92 Å². The van der Waals surface area contributed by atoms with Crippen LogP contribution in [0.1, 0.15) is 50.3 Å². The van der Waals surface area contributed by atoms with Crippen molar-refractivity contribution in [3.63, 3.8) is 0 Å². The second-order valence-electron chi connectivity index (χ2n) is 8.49. The van der Waals surface area contributed by atoms with E-state index >= 15 is 0 Å². The van der Waals surface area contributed by atoms with Gasteiger partial charge in [0.2, 0.25) is 0 Å². The molecule has 5 heteroatoms. The fourth-order valence-electron chi connectivity index (χ4n) is 4.69. The molecule has 1 aliphatic carbocycles. The van der Waals surface area contributed by atoms with Crippen molar-refractivity contribution in [2.75, 3.05) is 19.6 Å². The van der Waals surface area contributed by atoms with E-state index in [4.69, 9.17) is 4.74 Å². The van der Waals surface area contributed by atoms with E-state index in [-0.39, 0.29) is 23.7 Å². The number of piperidine rings is 3. The Bertz CT molecular complexity index is 668. The summed E-state index contributed by atoms with van der Waals surface area (Å²) in [5.41, 5.74) is 2.56. The Morgan fingerprint density at radius 3 is 2.76 bits per heavy atom. The molecule has 2 atom stereocenters. The minimum Gasteiger partial charge on any atom is -0.445 e. The number of hydrogen-bond acceptors (Lipinski definition) is 3. The quantitative estimate of drug-likeness (QED) is 0.796. The van der Waals surface area contributed by atoms with Crippen molar-refractivity contribution in [3.8, 4) is 0 Å². The van der Waals surface area contributed by atoms with Gasteiger partial charge in [-0.3, -0.25) is 4.90 Å². The maximum Gasteiger partial charge on any atom is 0.407 e. The number of nitrogens with zero attached hydrogens (tertiary/aromatic N) is 1. The standard InChI is InChI=1S/C20H27BrN2O2/c1-20(2)8-5-13-3-4-15(21)11-16(13)18(20)22-19(24)25-17-12-23-9-6-14(17)7-10-23/h3-4,11,14,17-18H,5-10,12H2,1-2H3,(H,22,24)/t17-,18?/m1/s1. The number of carbonyl (C=O) groups excluding carboxylic acids is 1. The molecule has 2 bridgehead atoms. The summed E-state index contributed by atoms with van der Waals surface area (Å²) in [6.07, 6.45) is 4.22. The number of alkyl carbamates (subject to hydrolysis) is 1. The molecule has 1 N–H and O–H groups in total. The molecule has 3 aliphatic heterocycles. The van der Waals surface area contributed by atoms with Gasteiger partial charge < -0.3 is 10.1 Å². The molecule has 136 valence electrons. The topological polar surface area (TPSA) is 41.6 Å². The highest BCUT2D eigenvalue weighted by atomic mass is 79.9. The van der Waals surface area contributed by atoms with Crippen molar-refractivity contribution in [1.82, 2.24) is 10.2 Å². The predicted octanol–water partition coefficient (Wildman–Crippen LogP) is 4.28. The Morgan fingerprint density at radius 1 is 1.32 bits per heavy atom. The number of hydrogen-bond donors (Lipinski definition) is 1. The molecule has 25 heavy (non-hydrogen) atoms. The zero-order valence-corrected chi connectivity index (χ0v) is 16.6. The van der Waals surface area contributed by atoms with Gasteiger partial charge in [0.15, 0.2) is 0 Å². The molecular weight excluding hydrogens is 380 g/mol. The van der Waals surface area contributed by atoms with Gasteiger partial charge in [0.25, 0.3) is 0 Å². The van der Waals surface area contributed by atoms with Crippen molar-refractivity contribution >= 4 is 22.0 Å². The number of halogens is 1. The number of nitrogens with one attached hydrogen (secondary N) is 1. The number of aryl methyl sites for hydroxylation is 1. The van der Waals surface area contributed by atoms with Crippen molar-refractivity contribution in [1.29, 1.82) is 0 Å². The molecule has 4 nitrogen and oxygen atoms in total. The minimum absolute atomic E-state index is 0.0117. The minimum atomic E-state index is -0.260. The average Bonchev–Trinajstić information content (AvgIpc) is 2.59. The molecule has 1 unspecified atom stereocenters. The Balaban J connectivity index is 1.49. The van der Waals surface area contributed by atoms with E-state index in [9.17, 15) is 4.79 Å². The van der Waals surface area contributed by atoms with Crippen LogP contribution in [0, 0.1) is 11.3 Å². The number of amides is 1. The van der Waals surface area contributed by atoms with Gasteiger partial charge in [0.1, 0.15) is 6.10 Å². The van der Waals surface area contributed by atoms with Crippen LogP contribution in [0.4, 0.5) is 4.79 Å². The maximum atomic E-state index is 12.7. The molecule has 1 amide bonds. The predicted molar refractivity (Wildman–Crippen MR) is 102 cm³/mol. The Labute approximate surface area is 158 Å².